The first-order valence-electron chi connectivity index (χ1n) is 12.4. The molecule has 0 aliphatic rings. The number of benzene rings is 4. The maximum atomic E-state index is 12.7. The number of urea groups is 1. The van der Waals surface area contributed by atoms with Gasteiger partial charge in [0.1, 0.15) is 11.5 Å². The first kappa shape index (κ1) is 26.3. The van der Waals surface area contributed by atoms with E-state index in [-0.39, 0.29) is 11.9 Å². The van der Waals surface area contributed by atoms with Gasteiger partial charge in [-0.15, -0.1) is 0 Å². The fourth-order valence-electron chi connectivity index (χ4n) is 3.60. The minimum Gasteiger partial charge on any atom is -0.493 e. The average Bonchev–Trinajstić information content (AvgIpc) is 2.91. The Labute approximate surface area is 222 Å². The fraction of sp³-hybridized carbons (Fsp3) is 0.161. The summed E-state index contributed by atoms with van der Waals surface area (Å²) >= 11 is 0. The van der Waals surface area contributed by atoms with Gasteiger partial charge in [-0.1, -0.05) is 48.5 Å². The summed E-state index contributed by atoms with van der Waals surface area (Å²) in [5, 5.41) is 8.45. The lowest BCUT2D eigenvalue weighted by Crippen LogP contribution is -2.42. The lowest BCUT2D eigenvalue weighted by Gasteiger charge is -2.25. The summed E-state index contributed by atoms with van der Waals surface area (Å²) in [6, 6.07) is 33.1. The van der Waals surface area contributed by atoms with Gasteiger partial charge in [0.25, 0.3) is 5.91 Å². The van der Waals surface area contributed by atoms with Gasteiger partial charge in [0.15, 0.2) is 5.60 Å². The van der Waals surface area contributed by atoms with Crippen LogP contribution < -0.4 is 25.4 Å². The van der Waals surface area contributed by atoms with E-state index in [0.717, 1.165) is 16.9 Å². The maximum Gasteiger partial charge on any atom is 0.323 e. The van der Waals surface area contributed by atoms with Gasteiger partial charge < -0.3 is 25.4 Å². The Morgan fingerprint density at radius 2 is 1.13 bits per heavy atom. The molecule has 0 unspecified atom stereocenters. The quantitative estimate of drug-likeness (QED) is 0.221. The largest absolute Gasteiger partial charge is 0.493 e. The lowest BCUT2D eigenvalue weighted by atomic mass is 10.1. The zero-order chi connectivity index (χ0) is 26.8. The highest BCUT2D eigenvalue weighted by atomic mass is 16.5. The second-order valence-corrected chi connectivity index (χ2v) is 9.14. The summed E-state index contributed by atoms with van der Waals surface area (Å²) in [5.74, 6) is 1.10. The van der Waals surface area contributed by atoms with E-state index in [0.29, 0.717) is 30.2 Å². The lowest BCUT2D eigenvalue weighted by molar-refractivity contribution is -0.128. The Morgan fingerprint density at radius 3 is 1.71 bits per heavy atom. The highest BCUT2D eigenvalue weighted by Crippen LogP contribution is 2.22. The van der Waals surface area contributed by atoms with E-state index in [1.165, 1.54) is 0 Å². The third kappa shape index (κ3) is 7.86. The maximum absolute atomic E-state index is 12.7. The number of amides is 3. The molecule has 4 aromatic carbocycles. The summed E-state index contributed by atoms with van der Waals surface area (Å²) in [4.78, 5) is 24.8. The van der Waals surface area contributed by atoms with Gasteiger partial charge in [0.05, 0.1) is 6.61 Å². The molecule has 38 heavy (non-hydrogen) atoms. The second kappa shape index (κ2) is 12.5. The van der Waals surface area contributed by atoms with Gasteiger partial charge in [-0.25, -0.2) is 4.79 Å². The molecular weight excluding hydrogens is 478 g/mol. The van der Waals surface area contributed by atoms with Crippen LogP contribution in [0.1, 0.15) is 19.4 Å². The molecule has 0 bridgehead atoms. The van der Waals surface area contributed by atoms with E-state index in [1.54, 1.807) is 26.0 Å². The summed E-state index contributed by atoms with van der Waals surface area (Å²) in [5.41, 5.74) is 2.16. The molecule has 0 radical (unpaired) electrons. The van der Waals surface area contributed by atoms with E-state index in [4.69, 9.17) is 9.47 Å². The number of nitrogens with one attached hydrogen (secondary N) is 3. The molecule has 0 aliphatic carbocycles. The van der Waals surface area contributed by atoms with E-state index in [2.05, 4.69) is 16.0 Å². The second-order valence-electron chi connectivity index (χ2n) is 9.14. The van der Waals surface area contributed by atoms with Gasteiger partial charge in [0.2, 0.25) is 0 Å². The Kier molecular flexibility index (Phi) is 8.61. The average molecular weight is 510 g/mol. The van der Waals surface area contributed by atoms with Crippen molar-refractivity contribution in [2.24, 2.45) is 0 Å². The van der Waals surface area contributed by atoms with Crippen molar-refractivity contribution < 1.29 is 19.1 Å². The van der Waals surface area contributed by atoms with Crippen LogP contribution in [0.25, 0.3) is 0 Å². The molecular formula is C31H31N3O4. The van der Waals surface area contributed by atoms with Crippen molar-refractivity contribution in [1.82, 2.24) is 0 Å². The number of carbonyl (C=O) groups is 2. The van der Waals surface area contributed by atoms with E-state index >= 15 is 0 Å². The van der Waals surface area contributed by atoms with Crippen molar-refractivity contribution in [2.75, 3.05) is 22.6 Å². The molecule has 0 heterocycles. The number of para-hydroxylation sites is 2. The van der Waals surface area contributed by atoms with E-state index in [9.17, 15) is 9.59 Å². The molecule has 0 saturated heterocycles. The molecule has 0 saturated carbocycles. The summed E-state index contributed by atoms with van der Waals surface area (Å²) in [6.45, 7) is 3.97. The Balaban J connectivity index is 1.20. The van der Waals surface area contributed by atoms with Crippen molar-refractivity contribution in [1.29, 1.82) is 0 Å². The van der Waals surface area contributed by atoms with Crippen LogP contribution in [0.3, 0.4) is 0 Å². The van der Waals surface area contributed by atoms with Crippen LogP contribution in [0.5, 0.6) is 11.5 Å². The standard InChI is InChI=1S/C31H31N3O4/c1-31(2,29(35)32-24-9-5-3-6-10-24)38-28-17-13-23(14-18-28)21-22-37-27-19-15-26(16-20-27)34-30(36)33-25-11-7-4-8-12-25/h3-20H,21-22H2,1-2H3,(H,32,35)(H2,33,34,36). The van der Waals surface area contributed by atoms with Crippen LogP contribution in [-0.2, 0) is 11.2 Å². The van der Waals surface area contributed by atoms with Gasteiger partial charge in [-0.3, -0.25) is 4.79 Å². The van der Waals surface area contributed by atoms with E-state index in [1.807, 2.05) is 97.1 Å². The molecule has 4 rings (SSSR count). The number of ether oxygens (including phenoxy) is 2. The van der Waals surface area contributed by atoms with Crippen LogP contribution >= 0.6 is 0 Å². The number of rotatable bonds is 10. The van der Waals surface area contributed by atoms with Gasteiger partial charge in [-0.05, 0) is 80.1 Å². The predicted octanol–water partition coefficient (Wildman–Crippen LogP) is 6.75. The van der Waals surface area contributed by atoms with Crippen LogP contribution in [0.4, 0.5) is 21.9 Å². The summed E-state index contributed by atoms with van der Waals surface area (Å²) < 4.78 is 11.8. The highest BCUT2D eigenvalue weighted by molar-refractivity contribution is 5.99. The third-order valence-electron chi connectivity index (χ3n) is 5.68. The molecule has 0 spiro atoms. The van der Waals surface area contributed by atoms with Crippen LogP contribution in [0.2, 0.25) is 0 Å². The number of hydrogen-bond donors (Lipinski definition) is 3. The minimum absolute atomic E-state index is 0.223. The van der Waals surface area contributed by atoms with Gasteiger partial charge >= 0.3 is 6.03 Å². The van der Waals surface area contributed by atoms with Crippen molar-refractivity contribution in [3.8, 4) is 11.5 Å². The molecule has 4 aromatic rings. The van der Waals surface area contributed by atoms with Crippen molar-refractivity contribution in [2.45, 2.75) is 25.9 Å². The zero-order valence-electron chi connectivity index (χ0n) is 21.4. The monoisotopic (exact) mass is 509 g/mol. The molecule has 0 atom stereocenters. The predicted molar refractivity (Wildman–Crippen MR) is 151 cm³/mol. The fourth-order valence-corrected chi connectivity index (χ4v) is 3.60. The number of hydrogen-bond acceptors (Lipinski definition) is 4. The third-order valence-corrected chi connectivity index (χ3v) is 5.68. The SMILES string of the molecule is CC(C)(Oc1ccc(CCOc2ccc(NC(=O)Nc3ccccc3)cc2)cc1)C(=O)Nc1ccccc1. The first-order chi connectivity index (χ1) is 18.4. The molecule has 0 fully saturated rings. The molecule has 3 N–H and O–H groups in total. The zero-order valence-corrected chi connectivity index (χ0v) is 21.4. The first-order valence-corrected chi connectivity index (χ1v) is 12.4. The molecule has 0 aromatic heterocycles. The molecule has 0 aliphatic heterocycles. The summed E-state index contributed by atoms with van der Waals surface area (Å²) in [7, 11) is 0. The molecule has 3 amide bonds. The van der Waals surface area contributed by atoms with Crippen LogP contribution in [-0.4, -0.2) is 24.1 Å². The Bertz CT molecular complexity index is 1320. The smallest absolute Gasteiger partial charge is 0.323 e. The topological polar surface area (TPSA) is 88.7 Å². The van der Waals surface area contributed by atoms with E-state index < -0.39 is 5.60 Å². The van der Waals surface area contributed by atoms with Crippen molar-refractivity contribution >= 4 is 29.0 Å². The highest BCUT2D eigenvalue weighted by Gasteiger charge is 2.30. The normalized spacial score (nSPS) is 10.8. The van der Waals surface area contributed by atoms with Crippen molar-refractivity contribution in [3.63, 3.8) is 0 Å². The Morgan fingerprint density at radius 1 is 0.632 bits per heavy atom. The number of carbonyl (C=O) groups excluding carboxylic acids is 2. The Hall–Kier alpha value is -4.78. The van der Waals surface area contributed by atoms with Crippen molar-refractivity contribution in [3.05, 3.63) is 115 Å². The molecule has 194 valence electrons. The van der Waals surface area contributed by atoms with Crippen LogP contribution in [0, 0.1) is 0 Å². The molecule has 7 nitrogen and oxygen atoms in total. The minimum atomic E-state index is -1.04. The molecule has 7 heteroatoms. The van der Waals surface area contributed by atoms with Gasteiger partial charge in [0, 0.05) is 23.5 Å². The van der Waals surface area contributed by atoms with Gasteiger partial charge in [-0.2, -0.15) is 0 Å². The summed E-state index contributed by atoms with van der Waals surface area (Å²) in [6.07, 6.45) is 0.706. The van der Waals surface area contributed by atoms with Crippen LogP contribution in [0.15, 0.2) is 109 Å². The number of anilines is 3.